The molecule has 1 aromatic rings. The van der Waals surface area contributed by atoms with E-state index in [-0.39, 0.29) is 24.0 Å². The lowest BCUT2D eigenvalue weighted by atomic mass is 10.0. The lowest BCUT2D eigenvalue weighted by Gasteiger charge is -2.06. The summed E-state index contributed by atoms with van der Waals surface area (Å²) < 4.78 is 37.5. The van der Waals surface area contributed by atoms with Crippen LogP contribution in [0.25, 0.3) is 0 Å². The number of aldehydes is 1. The standard InChI is InChI=1S/C10H9F3O/c11-8-3-4-9(10(12)13)7(6-8)2-1-5-14/h3-6,10H,1-2H2. The van der Waals surface area contributed by atoms with Crippen LogP contribution in [-0.2, 0) is 11.2 Å². The fourth-order valence-electron chi connectivity index (χ4n) is 1.22. The second kappa shape index (κ2) is 4.79. The SMILES string of the molecule is O=CCCc1cc(F)ccc1C(F)F. The van der Waals surface area contributed by atoms with Gasteiger partial charge in [-0.1, -0.05) is 6.07 Å². The molecule has 4 heteroatoms. The van der Waals surface area contributed by atoms with E-state index in [1.165, 1.54) is 0 Å². The highest BCUT2D eigenvalue weighted by Gasteiger charge is 2.12. The van der Waals surface area contributed by atoms with Crippen molar-refractivity contribution in [3.8, 4) is 0 Å². The maximum atomic E-state index is 12.7. The van der Waals surface area contributed by atoms with Crippen molar-refractivity contribution in [3.63, 3.8) is 0 Å². The van der Waals surface area contributed by atoms with Gasteiger partial charge >= 0.3 is 0 Å². The first-order valence-corrected chi connectivity index (χ1v) is 4.15. The zero-order chi connectivity index (χ0) is 10.6. The highest BCUT2D eigenvalue weighted by atomic mass is 19.3. The van der Waals surface area contributed by atoms with E-state index in [1.807, 2.05) is 0 Å². The first-order valence-electron chi connectivity index (χ1n) is 4.15. The first-order chi connectivity index (χ1) is 6.65. The number of carbonyl (C=O) groups excluding carboxylic acids is 1. The Hall–Kier alpha value is -1.32. The topological polar surface area (TPSA) is 17.1 Å². The Kier molecular flexibility index (Phi) is 3.68. The van der Waals surface area contributed by atoms with Crippen molar-refractivity contribution in [2.24, 2.45) is 0 Å². The number of halogens is 3. The molecule has 0 amide bonds. The molecule has 0 atom stereocenters. The van der Waals surface area contributed by atoms with Gasteiger partial charge in [-0.15, -0.1) is 0 Å². The molecule has 1 rings (SSSR count). The van der Waals surface area contributed by atoms with Crippen molar-refractivity contribution in [2.75, 3.05) is 0 Å². The number of benzene rings is 1. The number of aryl methyl sites for hydroxylation is 1. The molecule has 0 aliphatic rings. The van der Waals surface area contributed by atoms with Crippen molar-refractivity contribution >= 4 is 6.29 Å². The van der Waals surface area contributed by atoms with Crippen LogP contribution in [0, 0.1) is 5.82 Å². The van der Waals surface area contributed by atoms with Crippen molar-refractivity contribution in [1.82, 2.24) is 0 Å². The van der Waals surface area contributed by atoms with Crippen LogP contribution in [0.5, 0.6) is 0 Å². The van der Waals surface area contributed by atoms with Crippen LogP contribution in [-0.4, -0.2) is 6.29 Å². The minimum Gasteiger partial charge on any atom is -0.303 e. The second-order valence-corrected chi connectivity index (χ2v) is 2.85. The fraction of sp³-hybridized carbons (Fsp3) is 0.300. The molecule has 0 saturated carbocycles. The normalized spacial score (nSPS) is 10.6. The molecule has 0 aliphatic carbocycles. The van der Waals surface area contributed by atoms with Gasteiger partial charge < -0.3 is 4.79 Å². The van der Waals surface area contributed by atoms with Gasteiger partial charge in [0.1, 0.15) is 12.1 Å². The molecule has 0 radical (unpaired) electrons. The molecular weight excluding hydrogens is 193 g/mol. The quantitative estimate of drug-likeness (QED) is 0.686. The molecule has 0 N–H and O–H groups in total. The molecule has 14 heavy (non-hydrogen) atoms. The third-order valence-corrected chi connectivity index (χ3v) is 1.87. The average molecular weight is 202 g/mol. The summed E-state index contributed by atoms with van der Waals surface area (Å²) in [5.74, 6) is -0.560. The van der Waals surface area contributed by atoms with Gasteiger partial charge in [0.25, 0.3) is 6.43 Å². The summed E-state index contributed by atoms with van der Waals surface area (Å²) in [5, 5.41) is 0. The maximum Gasteiger partial charge on any atom is 0.264 e. The minimum absolute atomic E-state index is 0.128. The highest BCUT2D eigenvalue weighted by Crippen LogP contribution is 2.24. The Morgan fingerprint density at radius 2 is 2.07 bits per heavy atom. The smallest absolute Gasteiger partial charge is 0.264 e. The summed E-state index contributed by atoms with van der Waals surface area (Å²) >= 11 is 0. The van der Waals surface area contributed by atoms with Gasteiger partial charge in [-0.3, -0.25) is 0 Å². The summed E-state index contributed by atoms with van der Waals surface area (Å²) in [6, 6.07) is 3.09. The molecule has 0 aliphatic heterocycles. The van der Waals surface area contributed by atoms with Gasteiger partial charge in [0.05, 0.1) is 0 Å². The maximum absolute atomic E-state index is 12.7. The van der Waals surface area contributed by atoms with Crippen LogP contribution in [0.15, 0.2) is 18.2 Å². The van der Waals surface area contributed by atoms with E-state index >= 15 is 0 Å². The zero-order valence-electron chi connectivity index (χ0n) is 7.34. The van der Waals surface area contributed by atoms with Crippen LogP contribution < -0.4 is 0 Å². The summed E-state index contributed by atoms with van der Waals surface area (Å²) in [5.41, 5.74) is 0.000324. The first kappa shape index (κ1) is 10.8. The molecule has 76 valence electrons. The average Bonchev–Trinajstić information content (AvgIpc) is 2.14. The Morgan fingerprint density at radius 3 is 2.64 bits per heavy atom. The summed E-state index contributed by atoms with van der Waals surface area (Å²) in [6.45, 7) is 0. The Labute approximate surface area is 79.5 Å². The lowest BCUT2D eigenvalue weighted by Crippen LogP contribution is -1.96. The van der Waals surface area contributed by atoms with E-state index in [0.717, 1.165) is 18.2 Å². The fourth-order valence-corrected chi connectivity index (χ4v) is 1.22. The predicted molar refractivity (Wildman–Crippen MR) is 45.7 cm³/mol. The molecule has 0 bridgehead atoms. The number of rotatable bonds is 4. The largest absolute Gasteiger partial charge is 0.303 e. The van der Waals surface area contributed by atoms with Crippen LogP contribution in [0.2, 0.25) is 0 Å². The number of carbonyl (C=O) groups is 1. The van der Waals surface area contributed by atoms with Crippen molar-refractivity contribution in [1.29, 1.82) is 0 Å². The number of hydrogen-bond donors (Lipinski definition) is 0. The summed E-state index contributed by atoms with van der Waals surface area (Å²) in [7, 11) is 0. The number of hydrogen-bond acceptors (Lipinski definition) is 1. The van der Waals surface area contributed by atoms with Crippen molar-refractivity contribution in [3.05, 3.63) is 35.1 Å². The highest BCUT2D eigenvalue weighted by molar-refractivity contribution is 5.50. The monoisotopic (exact) mass is 202 g/mol. The van der Waals surface area contributed by atoms with E-state index in [0.29, 0.717) is 6.29 Å². The summed E-state index contributed by atoms with van der Waals surface area (Å²) in [4.78, 5) is 10.1. The lowest BCUT2D eigenvalue weighted by molar-refractivity contribution is -0.107. The van der Waals surface area contributed by atoms with E-state index in [4.69, 9.17) is 0 Å². The number of alkyl halides is 2. The van der Waals surface area contributed by atoms with E-state index in [9.17, 15) is 18.0 Å². The van der Waals surface area contributed by atoms with Crippen LogP contribution in [0.3, 0.4) is 0 Å². The van der Waals surface area contributed by atoms with E-state index in [2.05, 4.69) is 0 Å². The Bertz CT molecular complexity index is 323. The van der Waals surface area contributed by atoms with Crippen LogP contribution in [0.1, 0.15) is 24.0 Å². The Morgan fingerprint density at radius 1 is 1.36 bits per heavy atom. The van der Waals surface area contributed by atoms with E-state index < -0.39 is 12.2 Å². The van der Waals surface area contributed by atoms with Gasteiger partial charge in [0.15, 0.2) is 0 Å². The minimum atomic E-state index is -2.63. The molecule has 0 spiro atoms. The Balaban J connectivity index is 2.96. The third-order valence-electron chi connectivity index (χ3n) is 1.87. The van der Waals surface area contributed by atoms with Gasteiger partial charge in [0, 0.05) is 12.0 Å². The molecule has 0 aromatic heterocycles. The van der Waals surface area contributed by atoms with Gasteiger partial charge in [0.2, 0.25) is 0 Å². The van der Waals surface area contributed by atoms with Crippen LogP contribution in [0.4, 0.5) is 13.2 Å². The molecule has 0 unspecified atom stereocenters. The van der Waals surface area contributed by atoms with Gasteiger partial charge in [-0.2, -0.15) is 0 Å². The molecule has 1 aromatic carbocycles. The van der Waals surface area contributed by atoms with Gasteiger partial charge in [-0.25, -0.2) is 13.2 Å². The molecular formula is C10H9F3O. The van der Waals surface area contributed by atoms with Crippen molar-refractivity contribution in [2.45, 2.75) is 19.3 Å². The summed E-state index contributed by atoms with van der Waals surface area (Å²) in [6.07, 6.45) is -1.72. The molecule has 1 nitrogen and oxygen atoms in total. The van der Waals surface area contributed by atoms with Crippen LogP contribution >= 0.6 is 0 Å². The second-order valence-electron chi connectivity index (χ2n) is 2.85. The van der Waals surface area contributed by atoms with Gasteiger partial charge in [-0.05, 0) is 24.1 Å². The third kappa shape index (κ3) is 2.58. The zero-order valence-corrected chi connectivity index (χ0v) is 7.34. The predicted octanol–water partition coefficient (Wildman–Crippen LogP) is 2.89. The molecule has 0 heterocycles. The molecule has 0 saturated heterocycles. The van der Waals surface area contributed by atoms with E-state index in [1.54, 1.807) is 0 Å². The van der Waals surface area contributed by atoms with Crippen molar-refractivity contribution < 1.29 is 18.0 Å². The molecule has 0 fully saturated rings.